The Kier molecular flexibility index (Phi) is 11.5. The number of carbonyl (C=O) groups is 3. The van der Waals surface area contributed by atoms with Crippen molar-refractivity contribution in [1.82, 2.24) is 15.2 Å². The minimum absolute atomic E-state index is 0.0179. The SMILES string of the molecule is CCC[C@H](N=C(N)[C@@H]1C[C@@H](Oc2cc(-c3ccccc3)nc3cc(OC)ccc23)CN1C(=O)[C@@H](NC(=O)OC(C)(C)C)C(C)C)C(=O)O. The monoisotopic (exact) mass is 661 g/mol. The van der Waals surface area contributed by atoms with E-state index in [0.717, 1.165) is 10.9 Å². The maximum Gasteiger partial charge on any atom is 0.408 e. The Morgan fingerprint density at radius 3 is 2.44 bits per heavy atom. The highest BCUT2D eigenvalue weighted by Crippen LogP contribution is 2.35. The van der Waals surface area contributed by atoms with Crippen LogP contribution < -0.4 is 20.5 Å². The van der Waals surface area contributed by atoms with Gasteiger partial charge in [0.05, 0.1) is 30.9 Å². The topological polar surface area (TPSA) is 166 Å². The van der Waals surface area contributed by atoms with Gasteiger partial charge in [0.15, 0.2) is 0 Å². The summed E-state index contributed by atoms with van der Waals surface area (Å²) in [7, 11) is 1.59. The molecule has 2 heterocycles. The minimum Gasteiger partial charge on any atom is -0.497 e. The fourth-order valence-electron chi connectivity index (χ4n) is 5.65. The normalized spacial score (nSPS) is 18.0. The average molecular weight is 662 g/mol. The zero-order valence-electron chi connectivity index (χ0n) is 28.7. The number of nitrogens with two attached hydrogens (primary N) is 1. The van der Waals surface area contributed by atoms with Crippen LogP contribution in [0.3, 0.4) is 0 Å². The molecule has 12 heteroatoms. The Labute approximate surface area is 281 Å². The number of pyridine rings is 1. The number of fused-ring (bicyclic) bond motifs is 1. The Balaban J connectivity index is 1.73. The lowest BCUT2D eigenvalue weighted by Gasteiger charge is -2.31. The van der Waals surface area contributed by atoms with Crippen LogP contribution in [0.4, 0.5) is 4.79 Å². The van der Waals surface area contributed by atoms with Gasteiger partial charge in [0.2, 0.25) is 5.91 Å². The Morgan fingerprint density at radius 2 is 1.83 bits per heavy atom. The fraction of sp³-hybridized carbons (Fsp3) is 0.472. The van der Waals surface area contributed by atoms with Crippen LogP contribution in [0.1, 0.15) is 60.8 Å². The van der Waals surface area contributed by atoms with E-state index in [-0.39, 0.29) is 24.7 Å². The molecular formula is C36H47N5O7. The molecule has 258 valence electrons. The lowest BCUT2D eigenvalue weighted by molar-refractivity contribution is -0.138. The molecular weight excluding hydrogens is 614 g/mol. The van der Waals surface area contributed by atoms with Gasteiger partial charge in [0.1, 0.15) is 41.1 Å². The summed E-state index contributed by atoms with van der Waals surface area (Å²) in [5, 5.41) is 13.3. The standard InChI is InChI=1S/C36H47N5O7/c1-8-12-26(34(43)44)39-32(37)29-18-24(20-41(29)33(42)31(21(2)3)40-35(45)48-36(4,5)6)47-30-19-27(22-13-10-9-11-14-22)38-28-17-23(46-7)15-16-25(28)30/h9-11,13-17,19,21,24,26,29,31H,8,12,18,20H2,1-7H3,(H2,37,39)(H,40,45)(H,43,44)/t24-,26+,29+,31+/m1/s1. The summed E-state index contributed by atoms with van der Waals surface area (Å²) >= 11 is 0. The molecule has 0 radical (unpaired) electrons. The number of ether oxygens (including phenoxy) is 3. The number of nitrogens with one attached hydrogen (secondary N) is 1. The second-order valence-electron chi connectivity index (χ2n) is 13.3. The van der Waals surface area contributed by atoms with E-state index in [1.54, 1.807) is 27.9 Å². The number of rotatable bonds is 12. The molecule has 1 saturated heterocycles. The number of carboxylic acids is 1. The number of hydrogen-bond acceptors (Lipinski definition) is 8. The Morgan fingerprint density at radius 1 is 1.12 bits per heavy atom. The first-order valence-electron chi connectivity index (χ1n) is 16.3. The lowest BCUT2D eigenvalue weighted by atomic mass is 10.0. The van der Waals surface area contributed by atoms with Gasteiger partial charge in [0.25, 0.3) is 0 Å². The van der Waals surface area contributed by atoms with Crippen molar-refractivity contribution in [3.8, 4) is 22.8 Å². The number of aliphatic imine (C=N–C) groups is 1. The highest BCUT2D eigenvalue weighted by Gasteiger charge is 2.43. The van der Waals surface area contributed by atoms with E-state index >= 15 is 0 Å². The lowest BCUT2D eigenvalue weighted by Crippen LogP contribution is -2.55. The molecule has 1 fully saturated rings. The van der Waals surface area contributed by atoms with Crippen molar-refractivity contribution >= 4 is 34.7 Å². The van der Waals surface area contributed by atoms with Gasteiger partial charge in [-0.25, -0.2) is 14.6 Å². The largest absolute Gasteiger partial charge is 0.497 e. The number of methoxy groups -OCH3 is 1. The molecule has 4 rings (SSSR count). The van der Waals surface area contributed by atoms with E-state index in [0.29, 0.717) is 35.6 Å². The molecule has 3 aromatic rings. The molecule has 1 aromatic heterocycles. The van der Waals surface area contributed by atoms with Gasteiger partial charge >= 0.3 is 12.1 Å². The number of amides is 2. The van der Waals surface area contributed by atoms with Crippen molar-refractivity contribution in [2.45, 2.75) is 90.6 Å². The fourth-order valence-corrected chi connectivity index (χ4v) is 5.65. The quantitative estimate of drug-likeness (QED) is 0.170. The summed E-state index contributed by atoms with van der Waals surface area (Å²) in [6.07, 6.45) is -0.142. The van der Waals surface area contributed by atoms with E-state index in [2.05, 4.69) is 10.3 Å². The number of carboxylic acid groups (broad SMARTS) is 1. The predicted octanol–water partition coefficient (Wildman–Crippen LogP) is 5.42. The van der Waals surface area contributed by atoms with Crippen molar-refractivity contribution in [3.05, 3.63) is 54.6 Å². The second kappa shape index (κ2) is 15.4. The number of carbonyl (C=O) groups excluding carboxylic acids is 2. The molecule has 12 nitrogen and oxygen atoms in total. The minimum atomic E-state index is -1.10. The van der Waals surface area contributed by atoms with Gasteiger partial charge in [-0.15, -0.1) is 0 Å². The van der Waals surface area contributed by atoms with E-state index in [9.17, 15) is 19.5 Å². The molecule has 0 saturated carbocycles. The zero-order valence-corrected chi connectivity index (χ0v) is 28.7. The van der Waals surface area contributed by atoms with E-state index in [1.807, 2.05) is 75.4 Å². The second-order valence-corrected chi connectivity index (χ2v) is 13.3. The summed E-state index contributed by atoms with van der Waals surface area (Å²) in [4.78, 5) is 49.7. The number of benzene rings is 2. The number of aromatic nitrogens is 1. The third kappa shape index (κ3) is 8.93. The predicted molar refractivity (Wildman–Crippen MR) is 184 cm³/mol. The molecule has 4 atom stereocenters. The van der Waals surface area contributed by atoms with Gasteiger partial charge in [-0.2, -0.15) is 0 Å². The van der Waals surface area contributed by atoms with Crippen LogP contribution in [-0.4, -0.2) is 82.3 Å². The number of likely N-dealkylation sites (tertiary alicyclic amines) is 1. The van der Waals surface area contributed by atoms with E-state index in [4.69, 9.17) is 24.9 Å². The number of alkyl carbamates (subject to hydrolysis) is 1. The summed E-state index contributed by atoms with van der Waals surface area (Å²) in [6.45, 7) is 10.8. The maximum absolute atomic E-state index is 14.2. The Bertz CT molecular complexity index is 1640. The molecule has 48 heavy (non-hydrogen) atoms. The number of hydrogen-bond donors (Lipinski definition) is 3. The van der Waals surface area contributed by atoms with Crippen LogP contribution in [0.15, 0.2) is 59.6 Å². The first kappa shape index (κ1) is 36.0. The van der Waals surface area contributed by atoms with Crippen LogP contribution in [-0.2, 0) is 14.3 Å². The molecule has 1 aliphatic rings. The molecule has 0 spiro atoms. The van der Waals surface area contributed by atoms with Crippen molar-refractivity contribution in [1.29, 1.82) is 0 Å². The smallest absolute Gasteiger partial charge is 0.408 e. The molecule has 0 aliphatic carbocycles. The Hall–Kier alpha value is -4.87. The van der Waals surface area contributed by atoms with Crippen LogP contribution >= 0.6 is 0 Å². The third-order valence-corrected chi connectivity index (χ3v) is 7.99. The van der Waals surface area contributed by atoms with Crippen molar-refractivity contribution < 1.29 is 33.7 Å². The molecule has 2 amide bonds. The van der Waals surface area contributed by atoms with Gasteiger partial charge in [-0.3, -0.25) is 9.79 Å². The first-order valence-corrected chi connectivity index (χ1v) is 16.3. The van der Waals surface area contributed by atoms with Gasteiger partial charge in [-0.1, -0.05) is 57.5 Å². The molecule has 0 unspecified atom stereocenters. The number of amidine groups is 1. The summed E-state index contributed by atoms with van der Waals surface area (Å²) < 4.78 is 17.6. The first-order chi connectivity index (χ1) is 22.7. The highest BCUT2D eigenvalue weighted by molar-refractivity contribution is 5.95. The van der Waals surface area contributed by atoms with Crippen molar-refractivity contribution in [2.24, 2.45) is 16.6 Å². The zero-order chi connectivity index (χ0) is 35.2. The number of nitrogens with zero attached hydrogens (tertiary/aromatic N) is 3. The molecule has 1 aliphatic heterocycles. The van der Waals surface area contributed by atoms with Crippen molar-refractivity contribution in [2.75, 3.05) is 13.7 Å². The van der Waals surface area contributed by atoms with E-state index < -0.39 is 47.8 Å². The molecule has 2 aromatic carbocycles. The third-order valence-electron chi connectivity index (χ3n) is 7.99. The van der Waals surface area contributed by atoms with Gasteiger partial charge < -0.3 is 35.3 Å². The summed E-state index contributed by atoms with van der Waals surface area (Å²) in [6, 6.07) is 14.3. The van der Waals surface area contributed by atoms with Crippen LogP contribution in [0.25, 0.3) is 22.2 Å². The van der Waals surface area contributed by atoms with Gasteiger partial charge in [0, 0.05) is 29.5 Å². The van der Waals surface area contributed by atoms with Crippen LogP contribution in [0.2, 0.25) is 0 Å². The number of aliphatic carboxylic acids is 1. The van der Waals surface area contributed by atoms with Crippen LogP contribution in [0.5, 0.6) is 11.5 Å². The van der Waals surface area contributed by atoms with Crippen LogP contribution in [0, 0.1) is 5.92 Å². The molecule has 0 bridgehead atoms. The summed E-state index contributed by atoms with van der Waals surface area (Å²) in [5.74, 6) is -0.585. The van der Waals surface area contributed by atoms with Gasteiger partial charge in [-0.05, 0) is 45.2 Å². The molecule has 4 N–H and O–H groups in total. The van der Waals surface area contributed by atoms with E-state index in [1.165, 1.54) is 4.90 Å². The van der Waals surface area contributed by atoms with Crippen molar-refractivity contribution in [3.63, 3.8) is 0 Å². The highest BCUT2D eigenvalue weighted by atomic mass is 16.6. The average Bonchev–Trinajstić information content (AvgIpc) is 3.46. The summed E-state index contributed by atoms with van der Waals surface area (Å²) in [5.41, 5.74) is 8.01. The maximum atomic E-state index is 14.2.